The SMILES string of the molecule is CCOC(=O)Cc1cc(N)c([N+](=O)[O-])c(Br)c1. The summed E-state index contributed by atoms with van der Waals surface area (Å²) in [5.41, 5.74) is 5.94. The monoisotopic (exact) mass is 302 g/mol. The number of hydrogen-bond acceptors (Lipinski definition) is 5. The largest absolute Gasteiger partial charge is 0.466 e. The van der Waals surface area contributed by atoms with Gasteiger partial charge in [-0.15, -0.1) is 0 Å². The quantitative estimate of drug-likeness (QED) is 0.397. The van der Waals surface area contributed by atoms with Crippen LogP contribution in [0.3, 0.4) is 0 Å². The van der Waals surface area contributed by atoms with Crippen molar-refractivity contribution in [1.29, 1.82) is 0 Å². The average molecular weight is 303 g/mol. The molecule has 1 rings (SSSR count). The first-order valence-corrected chi connectivity index (χ1v) is 5.63. The number of halogens is 1. The number of nitro groups is 1. The zero-order chi connectivity index (χ0) is 13.0. The van der Waals surface area contributed by atoms with E-state index in [4.69, 9.17) is 10.5 Å². The van der Waals surface area contributed by atoms with Gasteiger partial charge < -0.3 is 10.5 Å². The highest BCUT2D eigenvalue weighted by Gasteiger charge is 2.18. The molecule has 0 heterocycles. The third-order valence-electron chi connectivity index (χ3n) is 1.99. The Balaban J connectivity index is 2.98. The maximum atomic E-state index is 11.2. The van der Waals surface area contributed by atoms with Gasteiger partial charge >= 0.3 is 11.7 Å². The van der Waals surface area contributed by atoms with Crippen molar-refractivity contribution in [3.05, 3.63) is 32.3 Å². The smallest absolute Gasteiger partial charge is 0.310 e. The molecular weight excluding hydrogens is 292 g/mol. The lowest BCUT2D eigenvalue weighted by atomic mass is 10.1. The Labute approximate surface area is 106 Å². The molecule has 0 spiro atoms. The lowest BCUT2D eigenvalue weighted by Gasteiger charge is -2.05. The third kappa shape index (κ3) is 3.42. The summed E-state index contributed by atoms with van der Waals surface area (Å²) in [5, 5.41) is 10.7. The minimum absolute atomic E-state index is 0.0173. The summed E-state index contributed by atoms with van der Waals surface area (Å²) < 4.78 is 5.03. The van der Waals surface area contributed by atoms with Gasteiger partial charge in [-0.1, -0.05) is 0 Å². The molecule has 2 N–H and O–H groups in total. The minimum atomic E-state index is -0.576. The third-order valence-corrected chi connectivity index (χ3v) is 2.59. The molecule has 17 heavy (non-hydrogen) atoms. The second-order valence-electron chi connectivity index (χ2n) is 3.25. The number of carbonyl (C=O) groups excluding carboxylic acids is 1. The lowest BCUT2D eigenvalue weighted by Crippen LogP contribution is -2.08. The summed E-state index contributed by atoms with van der Waals surface area (Å²) >= 11 is 3.05. The van der Waals surface area contributed by atoms with Crippen LogP contribution in [-0.4, -0.2) is 17.5 Å². The fourth-order valence-electron chi connectivity index (χ4n) is 1.35. The van der Waals surface area contributed by atoms with Gasteiger partial charge in [-0.25, -0.2) is 0 Å². The van der Waals surface area contributed by atoms with Gasteiger partial charge in [0.05, 0.1) is 22.4 Å². The first-order chi connectivity index (χ1) is 7.95. The molecule has 0 aliphatic heterocycles. The molecule has 0 aromatic heterocycles. The number of benzene rings is 1. The molecule has 92 valence electrons. The molecule has 0 bridgehead atoms. The van der Waals surface area contributed by atoms with Crippen molar-refractivity contribution in [3.8, 4) is 0 Å². The Bertz CT molecular complexity index is 439. The zero-order valence-corrected chi connectivity index (χ0v) is 10.7. The Morgan fingerprint density at radius 3 is 2.71 bits per heavy atom. The maximum absolute atomic E-state index is 11.2. The number of esters is 1. The fraction of sp³-hybridized carbons (Fsp3) is 0.300. The van der Waals surface area contributed by atoms with Crippen LogP contribution >= 0.6 is 15.9 Å². The van der Waals surface area contributed by atoms with E-state index in [1.165, 1.54) is 12.1 Å². The Morgan fingerprint density at radius 2 is 2.24 bits per heavy atom. The molecule has 0 amide bonds. The first kappa shape index (κ1) is 13.4. The van der Waals surface area contributed by atoms with Crippen LogP contribution in [-0.2, 0) is 16.0 Å². The molecular formula is C10H11BrN2O4. The lowest BCUT2D eigenvalue weighted by molar-refractivity contribution is -0.384. The average Bonchev–Trinajstić information content (AvgIpc) is 2.15. The highest BCUT2D eigenvalue weighted by molar-refractivity contribution is 9.10. The van der Waals surface area contributed by atoms with E-state index < -0.39 is 10.9 Å². The summed E-state index contributed by atoms with van der Waals surface area (Å²) in [6, 6.07) is 2.89. The van der Waals surface area contributed by atoms with Crippen LogP contribution in [0.5, 0.6) is 0 Å². The number of nitrogen functional groups attached to an aromatic ring is 1. The first-order valence-electron chi connectivity index (χ1n) is 4.83. The summed E-state index contributed by atoms with van der Waals surface area (Å²) in [6.45, 7) is 2.00. The van der Waals surface area contributed by atoms with Gasteiger partial charge in [0.15, 0.2) is 0 Å². The molecule has 0 fully saturated rings. The van der Waals surface area contributed by atoms with Crippen LogP contribution in [0, 0.1) is 10.1 Å². The van der Waals surface area contributed by atoms with Crippen molar-refractivity contribution in [2.24, 2.45) is 0 Å². The number of ether oxygens (including phenoxy) is 1. The number of carbonyl (C=O) groups is 1. The Kier molecular flexibility index (Phi) is 4.45. The molecule has 6 nitrogen and oxygen atoms in total. The number of rotatable bonds is 4. The highest BCUT2D eigenvalue weighted by Crippen LogP contribution is 2.32. The van der Waals surface area contributed by atoms with Gasteiger partial charge in [-0.2, -0.15) is 0 Å². The van der Waals surface area contributed by atoms with Crippen molar-refractivity contribution < 1.29 is 14.5 Å². The van der Waals surface area contributed by atoms with Crippen LogP contribution in [0.4, 0.5) is 11.4 Å². The molecule has 0 unspecified atom stereocenters. The van der Waals surface area contributed by atoms with Gasteiger partial charge in [0.25, 0.3) is 0 Å². The molecule has 7 heteroatoms. The standard InChI is InChI=1S/C10H11BrN2O4/c1-2-17-9(14)5-6-3-7(11)10(13(15)16)8(12)4-6/h3-4H,2,5,12H2,1H3. The van der Waals surface area contributed by atoms with E-state index in [1.54, 1.807) is 6.92 Å². The Hall–Kier alpha value is -1.63. The number of hydrogen-bond donors (Lipinski definition) is 1. The summed E-state index contributed by atoms with van der Waals surface area (Å²) in [7, 11) is 0. The number of nitrogens with two attached hydrogens (primary N) is 1. The van der Waals surface area contributed by atoms with Crippen LogP contribution < -0.4 is 5.73 Å². The van der Waals surface area contributed by atoms with E-state index in [0.29, 0.717) is 12.2 Å². The van der Waals surface area contributed by atoms with E-state index in [9.17, 15) is 14.9 Å². The predicted octanol–water partition coefficient (Wildman–Crippen LogP) is 2.05. The van der Waals surface area contributed by atoms with E-state index in [1.807, 2.05) is 0 Å². The van der Waals surface area contributed by atoms with Gasteiger partial charge in [0, 0.05) is 0 Å². The minimum Gasteiger partial charge on any atom is -0.466 e. The van der Waals surface area contributed by atoms with Gasteiger partial charge in [-0.05, 0) is 40.5 Å². The molecule has 0 saturated heterocycles. The topological polar surface area (TPSA) is 95.5 Å². The predicted molar refractivity (Wildman–Crippen MR) is 65.5 cm³/mol. The second kappa shape index (κ2) is 5.62. The molecule has 0 aliphatic rings. The molecule has 0 saturated carbocycles. The van der Waals surface area contributed by atoms with Crippen molar-refractivity contribution in [3.63, 3.8) is 0 Å². The van der Waals surface area contributed by atoms with Crippen molar-refractivity contribution >= 4 is 33.3 Å². The maximum Gasteiger partial charge on any atom is 0.310 e. The normalized spacial score (nSPS) is 10.0. The van der Waals surface area contributed by atoms with E-state index in [2.05, 4.69) is 15.9 Å². The van der Waals surface area contributed by atoms with Gasteiger partial charge in [-0.3, -0.25) is 14.9 Å². The molecule has 1 aromatic carbocycles. The van der Waals surface area contributed by atoms with Crippen LogP contribution in [0.2, 0.25) is 0 Å². The number of anilines is 1. The van der Waals surface area contributed by atoms with Crippen molar-refractivity contribution in [2.75, 3.05) is 12.3 Å². The van der Waals surface area contributed by atoms with Gasteiger partial charge in [0.2, 0.25) is 0 Å². The van der Waals surface area contributed by atoms with E-state index >= 15 is 0 Å². The molecule has 0 atom stereocenters. The summed E-state index contributed by atoms with van der Waals surface area (Å²) in [4.78, 5) is 21.3. The van der Waals surface area contributed by atoms with Crippen molar-refractivity contribution in [2.45, 2.75) is 13.3 Å². The number of nitro benzene ring substituents is 1. The summed E-state index contributed by atoms with van der Waals surface area (Å²) in [5.74, 6) is -0.396. The van der Waals surface area contributed by atoms with Crippen molar-refractivity contribution in [1.82, 2.24) is 0 Å². The molecule has 0 radical (unpaired) electrons. The van der Waals surface area contributed by atoms with Crippen LogP contribution in [0.15, 0.2) is 16.6 Å². The molecule has 1 aromatic rings. The second-order valence-corrected chi connectivity index (χ2v) is 4.11. The Morgan fingerprint density at radius 1 is 1.59 bits per heavy atom. The molecule has 0 aliphatic carbocycles. The zero-order valence-electron chi connectivity index (χ0n) is 9.10. The van der Waals surface area contributed by atoms with Crippen LogP contribution in [0.1, 0.15) is 12.5 Å². The van der Waals surface area contributed by atoms with E-state index in [-0.39, 0.29) is 22.3 Å². The highest BCUT2D eigenvalue weighted by atomic mass is 79.9. The van der Waals surface area contributed by atoms with Crippen LogP contribution in [0.25, 0.3) is 0 Å². The fourth-order valence-corrected chi connectivity index (χ4v) is 2.02. The number of nitrogens with zero attached hydrogens (tertiary/aromatic N) is 1. The van der Waals surface area contributed by atoms with E-state index in [0.717, 1.165) is 0 Å². The summed E-state index contributed by atoms with van der Waals surface area (Å²) in [6.07, 6.45) is 0.0363. The van der Waals surface area contributed by atoms with Gasteiger partial charge in [0.1, 0.15) is 5.69 Å².